The molecule has 1 aliphatic heterocycles. The monoisotopic (exact) mass is 278 g/mol. The van der Waals surface area contributed by atoms with Gasteiger partial charge < -0.3 is 14.4 Å². The van der Waals surface area contributed by atoms with Crippen LogP contribution in [0.4, 0.5) is 0 Å². The summed E-state index contributed by atoms with van der Waals surface area (Å²) < 4.78 is 10.1. The third-order valence-electron chi connectivity index (χ3n) is 3.22. The van der Waals surface area contributed by atoms with Crippen LogP contribution in [0, 0.1) is 0 Å². The van der Waals surface area contributed by atoms with Gasteiger partial charge in [-0.1, -0.05) is 0 Å². The fraction of sp³-hybridized carbons (Fsp3) is 0.500. The first-order valence-corrected chi connectivity index (χ1v) is 6.54. The Balaban J connectivity index is 1.88. The van der Waals surface area contributed by atoms with Crippen molar-refractivity contribution in [1.29, 1.82) is 0 Å². The van der Waals surface area contributed by atoms with Crippen LogP contribution in [0.25, 0.3) is 0 Å². The summed E-state index contributed by atoms with van der Waals surface area (Å²) in [6.45, 7) is 1.43. The molecular weight excluding hydrogens is 260 g/mol. The predicted molar refractivity (Wildman–Crippen MR) is 70.9 cm³/mol. The molecule has 0 spiro atoms. The van der Waals surface area contributed by atoms with Gasteiger partial charge in [0.1, 0.15) is 0 Å². The van der Waals surface area contributed by atoms with E-state index in [2.05, 4.69) is 9.72 Å². The van der Waals surface area contributed by atoms with E-state index >= 15 is 0 Å². The third-order valence-corrected chi connectivity index (χ3v) is 3.22. The molecule has 0 bridgehead atoms. The van der Waals surface area contributed by atoms with Crippen molar-refractivity contribution < 1.29 is 19.1 Å². The highest BCUT2D eigenvalue weighted by atomic mass is 16.5. The van der Waals surface area contributed by atoms with Gasteiger partial charge in [-0.2, -0.15) is 0 Å². The van der Waals surface area contributed by atoms with Gasteiger partial charge in [0, 0.05) is 25.5 Å². The zero-order valence-electron chi connectivity index (χ0n) is 11.4. The number of esters is 1. The highest BCUT2D eigenvalue weighted by Crippen LogP contribution is 2.11. The molecular formula is C14H18N2O4. The van der Waals surface area contributed by atoms with E-state index in [1.807, 2.05) is 12.1 Å². The van der Waals surface area contributed by atoms with E-state index in [1.54, 1.807) is 17.3 Å². The number of morpholine rings is 1. The van der Waals surface area contributed by atoms with Gasteiger partial charge in [-0.05, 0) is 17.7 Å². The fourth-order valence-corrected chi connectivity index (χ4v) is 2.13. The standard InChI is InChI=1S/C14H18N2O4/c1-19-14(18)9-12-10-16(6-7-20-12)13(17)8-11-2-4-15-5-3-11/h2-5,12H,6-10H2,1H3. The lowest BCUT2D eigenvalue weighted by molar-refractivity contribution is -0.149. The largest absolute Gasteiger partial charge is 0.469 e. The molecule has 1 aromatic heterocycles. The normalized spacial score (nSPS) is 18.6. The number of methoxy groups -OCH3 is 1. The molecule has 1 aromatic rings. The van der Waals surface area contributed by atoms with Crippen molar-refractivity contribution in [3.05, 3.63) is 30.1 Å². The minimum Gasteiger partial charge on any atom is -0.469 e. The van der Waals surface area contributed by atoms with Gasteiger partial charge in [-0.15, -0.1) is 0 Å². The Kier molecular flexibility index (Phi) is 5.06. The number of ether oxygens (including phenoxy) is 2. The molecule has 0 radical (unpaired) electrons. The molecule has 6 heteroatoms. The van der Waals surface area contributed by atoms with Crippen LogP contribution < -0.4 is 0 Å². The van der Waals surface area contributed by atoms with Crippen molar-refractivity contribution >= 4 is 11.9 Å². The second-order valence-corrected chi connectivity index (χ2v) is 4.65. The number of rotatable bonds is 4. The third kappa shape index (κ3) is 4.03. The molecule has 1 saturated heterocycles. The van der Waals surface area contributed by atoms with Crippen LogP contribution >= 0.6 is 0 Å². The van der Waals surface area contributed by atoms with Crippen LogP contribution in [0.15, 0.2) is 24.5 Å². The molecule has 0 aliphatic carbocycles. The first-order chi connectivity index (χ1) is 9.69. The Labute approximate surface area is 117 Å². The van der Waals surface area contributed by atoms with E-state index in [4.69, 9.17) is 4.74 Å². The summed E-state index contributed by atoms with van der Waals surface area (Å²) in [6, 6.07) is 3.65. The quantitative estimate of drug-likeness (QED) is 0.746. The summed E-state index contributed by atoms with van der Waals surface area (Å²) in [5.41, 5.74) is 0.931. The number of nitrogens with zero attached hydrogens (tertiary/aromatic N) is 2. The molecule has 0 saturated carbocycles. The van der Waals surface area contributed by atoms with Crippen LogP contribution in [0.1, 0.15) is 12.0 Å². The first-order valence-electron chi connectivity index (χ1n) is 6.54. The molecule has 1 fully saturated rings. The van der Waals surface area contributed by atoms with Gasteiger partial charge in [0.05, 0.1) is 32.7 Å². The highest BCUT2D eigenvalue weighted by molar-refractivity contribution is 5.79. The number of pyridine rings is 1. The summed E-state index contributed by atoms with van der Waals surface area (Å²) in [5, 5.41) is 0. The fourth-order valence-electron chi connectivity index (χ4n) is 2.13. The second-order valence-electron chi connectivity index (χ2n) is 4.65. The van der Waals surface area contributed by atoms with E-state index in [9.17, 15) is 9.59 Å². The lowest BCUT2D eigenvalue weighted by Crippen LogP contribution is -2.46. The van der Waals surface area contributed by atoms with Crippen molar-refractivity contribution in [2.45, 2.75) is 18.9 Å². The minimum atomic E-state index is -0.321. The van der Waals surface area contributed by atoms with Gasteiger partial charge >= 0.3 is 5.97 Å². The smallest absolute Gasteiger partial charge is 0.308 e. The maximum absolute atomic E-state index is 12.2. The van der Waals surface area contributed by atoms with Crippen molar-refractivity contribution in [3.63, 3.8) is 0 Å². The molecule has 1 amide bonds. The number of carbonyl (C=O) groups excluding carboxylic acids is 2. The van der Waals surface area contributed by atoms with Crippen LogP contribution in [-0.4, -0.2) is 54.7 Å². The molecule has 1 unspecified atom stereocenters. The maximum Gasteiger partial charge on any atom is 0.308 e. The van der Waals surface area contributed by atoms with Crippen molar-refractivity contribution in [3.8, 4) is 0 Å². The average molecular weight is 278 g/mol. The van der Waals surface area contributed by atoms with Crippen molar-refractivity contribution in [2.75, 3.05) is 26.8 Å². The van der Waals surface area contributed by atoms with Crippen LogP contribution in [0.5, 0.6) is 0 Å². The topological polar surface area (TPSA) is 68.7 Å². The highest BCUT2D eigenvalue weighted by Gasteiger charge is 2.26. The summed E-state index contributed by atoms with van der Waals surface area (Å²) in [6.07, 6.45) is 3.57. The first kappa shape index (κ1) is 14.5. The number of hydrogen-bond donors (Lipinski definition) is 0. The summed E-state index contributed by atoms with van der Waals surface area (Å²) in [5.74, 6) is -0.284. The van der Waals surface area contributed by atoms with Crippen LogP contribution in [-0.2, 0) is 25.5 Å². The van der Waals surface area contributed by atoms with Gasteiger partial charge in [0.15, 0.2) is 0 Å². The maximum atomic E-state index is 12.2. The van der Waals surface area contributed by atoms with E-state index in [0.717, 1.165) is 5.56 Å². The summed E-state index contributed by atoms with van der Waals surface area (Å²) in [7, 11) is 1.34. The number of aromatic nitrogens is 1. The molecule has 0 aromatic carbocycles. The van der Waals surface area contributed by atoms with Crippen molar-refractivity contribution in [1.82, 2.24) is 9.88 Å². The van der Waals surface area contributed by atoms with Gasteiger partial charge in [-0.25, -0.2) is 0 Å². The lowest BCUT2D eigenvalue weighted by atomic mass is 10.1. The van der Waals surface area contributed by atoms with E-state index < -0.39 is 0 Å². The lowest BCUT2D eigenvalue weighted by Gasteiger charge is -2.32. The zero-order valence-corrected chi connectivity index (χ0v) is 11.4. The Morgan fingerprint density at radius 1 is 1.45 bits per heavy atom. The molecule has 108 valence electrons. The molecule has 1 aliphatic rings. The molecule has 1 atom stereocenters. The predicted octanol–water partition coefficient (Wildman–Crippen LogP) is 0.415. The van der Waals surface area contributed by atoms with E-state index in [-0.39, 0.29) is 24.4 Å². The Morgan fingerprint density at radius 3 is 2.90 bits per heavy atom. The van der Waals surface area contributed by atoms with E-state index in [0.29, 0.717) is 26.1 Å². The van der Waals surface area contributed by atoms with Crippen LogP contribution in [0.3, 0.4) is 0 Å². The molecule has 2 rings (SSSR count). The Hall–Kier alpha value is -1.95. The SMILES string of the molecule is COC(=O)CC1CN(C(=O)Cc2ccncc2)CCO1. The van der Waals surface area contributed by atoms with E-state index in [1.165, 1.54) is 7.11 Å². The number of carbonyl (C=O) groups is 2. The van der Waals surface area contributed by atoms with Gasteiger partial charge in [-0.3, -0.25) is 14.6 Å². The molecule has 20 heavy (non-hydrogen) atoms. The summed E-state index contributed by atoms with van der Waals surface area (Å²) in [4.78, 5) is 29.1. The Morgan fingerprint density at radius 2 is 2.20 bits per heavy atom. The average Bonchev–Trinajstić information content (AvgIpc) is 2.48. The Bertz CT molecular complexity index is 464. The zero-order chi connectivity index (χ0) is 14.4. The minimum absolute atomic E-state index is 0.0364. The molecule has 6 nitrogen and oxygen atoms in total. The number of hydrogen-bond acceptors (Lipinski definition) is 5. The summed E-state index contributed by atoms with van der Waals surface area (Å²) >= 11 is 0. The van der Waals surface area contributed by atoms with Crippen LogP contribution in [0.2, 0.25) is 0 Å². The van der Waals surface area contributed by atoms with Crippen molar-refractivity contribution in [2.24, 2.45) is 0 Å². The van der Waals surface area contributed by atoms with Gasteiger partial charge in [0.25, 0.3) is 0 Å². The van der Waals surface area contributed by atoms with Gasteiger partial charge in [0.2, 0.25) is 5.91 Å². The molecule has 2 heterocycles. The second kappa shape index (κ2) is 7.00. The molecule has 0 N–H and O–H groups in total. The number of amides is 1.